The number of carbonyl (C=O) groups is 1. The summed E-state index contributed by atoms with van der Waals surface area (Å²) in [4.78, 5) is 12.5. The molecule has 0 heterocycles. The zero-order valence-electron chi connectivity index (χ0n) is 12.5. The van der Waals surface area contributed by atoms with Crippen LogP contribution in [0.15, 0.2) is 18.2 Å². The summed E-state index contributed by atoms with van der Waals surface area (Å²) in [5, 5.41) is 6.95. The molecule has 1 aromatic carbocycles. The molecule has 2 aliphatic carbocycles. The molecule has 0 radical (unpaired) electrons. The summed E-state index contributed by atoms with van der Waals surface area (Å²) in [6.07, 6.45) is 5.38. The lowest BCUT2D eigenvalue weighted by Crippen LogP contribution is -2.31. The largest absolute Gasteiger partial charge is 0.385 e. The summed E-state index contributed by atoms with van der Waals surface area (Å²) in [6, 6.07) is 5.44. The predicted molar refractivity (Wildman–Crippen MR) is 86.9 cm³/mol. The molecule has 2 fully saturated rings. The van der Waals surface area contributed by atoms with Gasteiger partial charge in [0.1, 0.15) is 0 Å². The van der Waals surface area contributed by atoms with Gasteiger partial charge in [-0.3, -0.25) is 4.79 Å². The Morgan fingerprint density at radius 1 is 1.29 bits per heavy atom. The van der Waals surface area contributed by atoms with E-state index in [4.69, 9.17) is 11.6 Å². The van der Waals surface area contributed by atoms with Crippen molar-refractivity contribution in [2.75, 3.05) is 18.4 Å². The highest BCUT2D eigenvalue weighted by molar-refractivity contribution is 6.31. The Bertz CT molecular complexity index is 512. The summed E-state index contributed by atoms with van der Waals surface area (Å²) < 4.78 is 0. The van der Waals surface area contributed by atoms with Gasteiger partial charge in [-0.25, -0.2) is 0 Å². The maximum absolute atomic E-state index is 12.5. The lowest BCUT2D eigenvalue weighted by Gasteiger charge is -2.17. The molecule has 2 aliphatic rings. The van der Waals surface area contributed by atoms with Gasteiger partial charge in [-0.15, -0.1) is 0 Å². The zero-order chi connectivity index (χ0) is 14.8. The van der Waals surface area contributed by atoms with E-state index in [9.17, 15) is 4.79 Å². The van der Waals surface area contributed by atoms with Crippen molar-refractivity contribution in [3.05, 3.63) is 28.8 Å². The van der Waals surface area contributed by atoms with Crippen LogP contribution < -0.4 is 10.6 Å². The Kier molecular flexibility index (Phi) is 4.39. The first kappa shape index (κ1) is 14.7. The predicted octanol–water partition coefficient (Wildman–Crippen LogP) is 3.94. The normalized spacial score (nSPS) is 17.9. The fraction of sp³-hybridized carbons (Fsp3) is 0.588. The van der Waals surface area contributed by atoms with Crippen LogP contribution in [0.25, 0.3) is 0 Å². The van der Waals surface area contributed by atoms with Gasteiger partial charge in [0.2, 0.25) is 0 Å². The number of amides is 1. The fourth-order valence-corrected chi connectivity index (χ4v) is 3.29. The van der Waals surface area contributed by atoms with E-state index in [-0.39, 0.29) is 5.91 Å². The Morgan fingerprint density at radius 2 is 1.95 bits per heavy atom. The summed E-state index contributed by atoms with van der Waals surface area (Å²) in [5.74, 6) is 2.38. The van der Waals surface area contributed by atoms with Gasteiger partial charge in [0.25, 0.3) is 5.91 Å². The van der Waals surface area contributed by atoms with Gasteiger partial charge in [-0.1, -0.05) is 11.6 Å². The number of hydrogen-bond donors (Lipinski definition) is 2. The number of nitrogens with one attached hydrogen (secondary N) is 2. The second kappa shape index (κ2) is 6.27. The number of carbonyl (C=O) groups excluding carboxylic acids is 1. The van der Waals surface area contributed by atoms with Gasteiger partial charge in [0.15, 0.2) is 0 Å². The van der Waals surface area contributed by atoms with Gasteiger partial charge in [-0.05, 0) is 68.6 Å². The average molecular weight is 307 g/mol. The quantitative estimate of drug-likeness (QED) is 0.801. The fourth-order valence-electron chi connectivity index (χ4n) is 3.12. The van der Waals surface area contributed by atoms with Crippen molar-refractivity contribution in [1.82, 2.24) is 5.32 Å². The van der Waals surface area contributed by atoms with E-state index in [1.54, 1.807) is 6.07 Å². The van der Waals surface area contributed by atoms with Crippen molar-refractivity contribution in [3.63, 3.8) is 0 Å². The zero-order valence-corrected chi connectivity index (χ0v) is 13.2. The van der Waals surface area contributed by atoms with Crippen LogP contribution in [0.5, 0.6) is 0 Å². The summed E-state index contributed by atoms with van der Waals surface area (Å²) in [6.45, 7) is 3.62. The summed E-state index contributed by atoms with van der Waals surface area (Å²) >= 11 is 6.04. The molecule has 2 saturated carbocycles. The van der Waals surface area contributed by atoms with E-state index >= 15 is 0 Å². The van der Waals surface area contributed by atoms with E-state index < -0.39 is 0 Å². The molecule has 0 atom stereocenters. The van der Waals surface area contributed by atoms with Gasteiger partial charge in [0, 0.05) is 23.8 Å². The van der Waals surface area contributed by atoms with Crippen LogP contribution in [-0.4, -0.2) is 19.0 Å². The van der Waals surface area contributed by atoms with Crippen molar-refractivity contribution in [3.8, 4) is 0 Å². The van der Waals surface area contributed by atoms with Crippen molar-refractivity contribution in [2.45, 2.75) is 32.6 Å². The Morgan fingerprint density at radius 3 is 2.52 bits per heavy atom. The lowest BCUT2D eigenvalue weighted by molar-refractivity contribution is 0.0944. The highest BCUT2D eigenvalue weighted by atomic mass is 35.5. The number of halogens is 1. The van der Waals surface area contributed by atoms with Crippen LogP contribution in [-0.2, 0) is 0 Å². The minimum absolute atomic E-state index is 0.0141. The Labute approximate surface area is 131 Å². The van der Waals surface area contributed by atoms with Crippen LogP contribution >= 0.6 is 11.6 Å². The number of rotatable bonds is 7. The third-order valence-electron chi connectivity index (χ3n) is 4.55. The topological polar surface area (TPSA) is 41.1 Å². The van der Waals surface area contributed by atoms with Crippen LogP contribution in [0.1, 0.15) is 43.0 Å². The van der Waals surface area contributed by atoms with E-state index in [1.807, 2.05) is 19.1 Å². The Balaban J connectivity index is 1.65. The SMILES string of the molecule is CCNc1ccc(Cl)cc1C(=O)NCC(C1CC1)C1CC1. The minimum Gasteiger partial charge on any atom is -0.385 e. The molecule has 114 valence electrons. The standard InChI is InChI=1S/C17H23ClN2O/c1-2-19-16-8-7-13(18)9-14(16)17(21)20-10-15(11-3-4-11)12-5-6-12/h7-9,11-12,15,19H,2-6,10H2,1H3,(H,20,21). The molecule has 2 N–H and O–H groups in total. The molecule has 21 heavy (non-hydrogen) atoms. The van der Waals surface area contributed by atoms with Crippen LogP contribution in [0.3, 0.4) is 0 Å². The van der Waals surface area contributed by atoms with E-state index in [1.165, 1.54) is 25.7 Å². The molecule has 0 bridgehead atoms. The summed E-state index contributed by atoms with van der Waals surface area (Å²) in [7, 11) is 0. The molecule has 0 unspecified atom stereocenters. The second-order valence-electron chi connectivity index (χ2n) is 6.27. The van der Waals surface area contributed by atoms with Crippen LogP contribution in [0, 0.1) is 17.8 Å². The lowest BCUT2D eigenvalue weighted by atomic mass is 9.98. The molecule has 3 rings (SSSR count). The molecule has 0 aliphatic heterocycles. The molecule has 0 saturated heterocycles. The summed E-state index contributed by atoms with van der Waals surface area (Å²) in [5.41, 5.74) is 1.50. The molecule has 3 nitrogen and oxygen atoms in total. The van der Waals surface area contributed by atoms with Crippen molar-refractivity contribution >= 4 is 23.2 Å². The Hall–Kier alpha value is -1.22. The van der Waals surface area contributed by atoms with E-state index in [0.717, 1.165) is 30.6 Å². The second-order valence-corrected chi connectivity index (χ2v) is 6.71. The first-order valence-corrected chi connectivity index (χ1v) is 8.38. The first-order valence-electron chi connectivity index (χ1n) is 8.00. The van der Waals surface area contributed by atoms with Crippen molar-refractivity contribution < 1.29 is 4.79 Å². The van der Waals surface area contributed by atoms with Crippen LogP contribution in [0.2, 0.25) is 5.02 Å². The van der Waals surface area contributed by atoms with E-state index in [0.29, 0.717) is 16.5 Å². The molecule has 0 spiro atoms. The molecule has 1 amide bonds. The number of benzene rings is 1. The van der Waals surface area contributed by atoms with E-state index in [2.05, 4.69) is 10.6 Å². The molecule has 4 heteroatoms. The molecular formula is C17H23ClN2O. The maximum Gasteiger partial charge on any atom is 0.253 e. The van der Waals surface area contributed by atoms with Crippen LogP contribution in [0.4, 0.5) is 5.69 Å². The smallest absolute Gasteiger partial charge is 0.253 e. The van der Waals surface area contributed by atoms with Gasteiger partial charge < -0.3 is 10.6 Å². The third kappa shape index (κ3) is 3.70. The highest BCUT2D eigenvalue weighted by Crippen LogP contribution is 2.48. The average Bonchev–Trinajstić information content (AvgIpc) is 3.34. The maximum atomic E-state index is 12.5. The van der Waals surface area contributed by atoms with Gasteiger partial charge in [0.05, 0.1) is 5.56 Å². The van der Waals surface area contributed by atoms with Gasteiger partial charge >= 0.3 is 0 Å². The van der Waals surface area contributed by atoms with Gasteiger partial charge in [-0.2, -0.15) is 0 Å². The molecule has 0 aromatic heterocycles. The highest BCUT2D eigenvalue weighted by Gasteiger charge is 2.41. The number of anilines is 1. The monoisotopic (exact) mass is 306 g/mol. The van der Waals surface area contributed by atoms with Crippen molar-refractivity contribution in [2.24, 2.45) is 17.8 Å². The molecular weight excluding hydrogens is 284 g/mol. The third-order valence-corrected chi connectivity index (χ3v) is 4.78. The first-order chi connectivity index (χ1) is 10.2. The van der Waals surface area contributed by atoms with Crippen molar-refractivity contribution in [1.29, 1.82) is 0 Å². The minimum atomic E-state index is -0.0141. The number of hydrogen-bond acceptors (Lipinski definition) is 2. The molecule has 1 aromatic rings.